The summed E-state index contributed by atoms with van der Waals surface area (Å²) in [5, 5.41) is 3.38. The molecule has 1 aromatic rings. The Balaban J connectivity index is 1.75. The Morgan fingerprint density at radius 1 is 1.00 bits per heavy atom. The second-order valence-electron chi connectivity index (χ2n) is 5.97. The SMILES string of the molecule is O=C(c1ccc2c(c1)CNCC2)N1CCCCCCC1. The minimum atomic E-state index is 0.222. The van der Waals surface area contributed by atoms with E-state index in [0.717, 1.165) is 51.0 Å². The van der Waals surface area contributed by atoms with E-state index in [1.807, 2.05) is 6.07 Å². The molecule has 3 heteroatoms. The van der Waals surface area contributed by atoms with Crippen molar-refractivity contribution in [2.45, 2.75) is 45.1 Å². The van der Waals surface area contributed by atoms with Crippen LogP contribution in [0.1, 0.15) is 53.6 Å². The largest absolute Gasteiger partial charge is 0.339 e. The van der Waals surface area contributed by atoms with Crippen LogP contribution in [0.3, 0.4) is 0 Å². The number of carbonyl (C=O) groups excluding carboxylic acids is 1. The molecule has 0 saturated carbocycles. The van der Waals surface area contributed by atoms with Gasteiger partial charge in [0.1, 0.15) is 0 Å². The highest BCUT2D eigenvalue weighted by Gasteiger charge is 2.18. The minimum Gasteiger partial charge on any atom is -0.339 e. The second kappa shape index (κ2) is 6.40. The van der Waals surface area contributed by atoms with E-state index in [1.54, 1.807) is 0 Å². The topological polar surface area (TPSA) is 32.3 Å². The van der Waals surface area contributed by atoms with E-state index >= 15 is 0 Å². The van der Waals surface area contributed by atoms with Gasteiger partial charge in [-0.1, -0.05) is 25.3 Å². The van der Waals surface area contributed by atoms with Gasteiger partial charge in [0.05, 0.1) is 0 Å². The smallest absolute Gasteiger partial charge is 0.253 e. The van der Waals surface area contributed by atoms with Crippen LogP contribution in [0, 0.1) is 0 Å². The number of rotatable bonds is 1. The highest BCUT2D eigenvalue weighted by molar-refractivity contribution is 5.94. The Morgan fingerprint density at radius 2 is 1.75 bits per heavy atom. The number of amides is 1. The summed E-state index contributed by atoms with van der Waals surface area (Å²) in [7, 11) is 0. The van der Waals surface area contributed by atoms with Crippen molar-refractivity contribution in [2.75, 3.05) is 19.6 Å². The Bertz CT molecular complexity index is 476. The van der Waals surface area contributed by atoms with E-state index in [9.17, 15) is 4.79 Å². The fourth-order valence-electron chi connectivity index (χ4n) is 3.25. The zero-order valence-electron chi connectivity index (χ0n) is 12.2. The van der Waals surface area contributed by atoms with Crippen molar-refractivity contribution >= 4 is 5.91 Å². The average molecular weight is 272 g/mol. The lowest BCUT2D eigenvalue weighted by Gasteiger charge is -2.25. The lowest BCUT2D eigenvalue weighted by atomic mass is 9.98. The van der Waals surface area contributed by atoms with Gasteiger partial charge in [-0.2, -0.15) is 0 Å². The maximum Gasteiger partial charge on any atom is 0.253 e. The summed E-state index contributed by atoms with van der Waals surface area (Å²) >= 11 is 0. The summed E-state index contributed by atoms with van der Waals surface area (Å²) in [6, 6.07) is 6.27. The van der Waals surface area contributed by atoms with Gasteiger partial charge in [-0.25, -0.2) is 0 Å². The third-order valence-corrected chi connectivity index (χ3v) is 4.48. The van der Waals surface area contributed by atoms with E-state index in [0.29, 0.717) is 0 Å². The molecule has 2 heterocycles. The van der Waals surface area contributed by atoms with Gasteiger partial charge in [-0.3, -0.25) is 4.79 Å². The van der Waals surface area contributed by atoms with Crippen LogP contribution < -0.4 is 5.32 Å². The first-order chi connectivity index (χ1) is 9.84. The van der Waals surface area contributed by atoms with Crippen LogP contribution in [-0.2, 0) is 13.0 Å². The highest BCUT2D eigenvalue weighted by Crippen LogP contribution is 2.18. The first-order valence-corrected chi connectivity index (χ1v) is 7.96. The van der Waals surface area contributed by atoms with Crippen molar-refractivity contribution in [3.8, 4) is 0 Å². The molecule has 0 aliphatic carbocycles. The summed E-state index contributed by atoms with van der Waals surface area (Å²) in [6.45, 7) is 3.80. The number of nitrogens with one attached hydrogen (secondary N) is 1. The van der Waals surface area contributed by atoms with Gasteiger partial charge in [0.15, 0.2) is 0 Å². The second-order valence-corrected chi connectivity index (χ2v) is 5.97. The first-order valence-electron chi connectivity index (χ1n) is 7.96. The van der Waals surface area contributed by atoms with Crippen LogP contribution in [0.25, 0.3) is 0 Å². The fraction of sp³-hybridized carbons (Fsp3) is 0.588. The van der Waals surface area contributed by atoms with Gasteiger partial charge in [-0.05, 0) is 49.1 Å². The number of hydrogen-bond acceptors (Lipinski definition) is 2. The van der Waals surface area contributed by atoms with Gasteiger partial charge in [-0.15, -0.1) is 0 Å². The van der Waals surface area contributed by atoms with Crippen LogP contribution in [0.2, 0.25) is 0 Å². The van der Waals surface area contributed by atoms with Crippen molar-refractivity contribution in [2.24, 2.45) is 0 Å². The highest BCUT2D eigenvalue weighted by atomic mass is 16.2. The van der Waals surface area contributed by atoms with Crippen LogP contribution in [-0.4, -0.2) is 30.4 Å². The normalized spacial score (nSPS) is 19.9. The number of nitrogens with zero attached hydrogens (tertiary/aromatic N) is 1. The molecule has 1 fully saturated rings. The number of hydrogen-bond donors (Lipinski definition) is 1. The van der Waals surface area contributed by atoms with Crippen LogP contribution in [0.4, 0.5) is 0 Å². The molecule has 1 amide bonds. The Morgan fingerprint density at radius 3 is 2.55 bits per heavy atom. The Labute approximate surface area is 121 Å². The minimum absolute atomic E-state index is 0.222. The standard InChI is InChI=1S/C17H24N2O/c20-17(19-10-4-2-1-3-5-11-19)15-7-6-14-8-9-18-13-16(14)12-15/h6-7,12,18H,1-5,8-11,13H2. The Kier molecular flexibility index (Phi) is 4.36. The molecule has 108 valence electrons. The number of benzene rings is 1. The number of carbonyl (C=O) groups is 1. The molecule has 2 aliphatic rings. The molecule has 1 aromatic carbocycles. The van der Waals surface area contributed by atoms with Crippen molar-refractivity contribution < 1.29 is 4.79 Å². The summed E-state index contributed by atoms with van der Waals surface area (Å²) in [6.07, 6.45) is 7.23. The van der Waals surface area contributed by atoms with Crippen molar-refractivity contribution in [3.63, 3.8) is 0 Å². The first kappa shape index (κ1) is 13.6. The zero-order valence-corrected chi connectivity index (χ0v) is 12.2. The maximum absolute atomic E-state index is 12.7. The molecule has 1 saturated heterocycles. The van der Waals surface area contributed by atoms with E-state index < -0.39 is 0 Å². The van der Waals surface area contributed by atoms with Gasteiger partial charge < -0.3 is 10.2 Å². The number of likely N-dealkylation sites (tertiary alicyclic amines) is 1. The van der Waals surface area contributed by atoms with Gasteiger partial charge in [0.25, 0.3) is 5.91 Å². The maximum atomic E-state index is 12.7. The van der Waals surface area contributed by atoms with Crippen LogP contribution in [0.5, 0.6) is 0 Å². The fourth-order valence-corrected chi connectivity index (χ4v) is 3.25. The molecule has 2 aliphatic heterocycles. The molecule has 0 bridgehead atoms. The van der Waals surface area contributed by atoms with Crippen LogP contribution >= 0.6 is 0 Å². The third kappa shape index (κ3) is 3.04. The summed E-state index contributed by atoms with van der Waals surface area (Å²) in [4.78, 5) is 14.7. The van der Waals surface area contributed by atoms with Gasteiger partial charge in [0.2, 0.25) is 0 Å². The molecule has 0 atom stereocenters. The van der Waals surface area contributed by atoms with E-state index in [2.05, 4.69) is 22.3 Å². The molecule has 1 N–H and O–H groups in total. The predicted molar refractivity (Wildman–Crippen MR) is 80.8 cm³/mol. The molecule has 3 nitrogen and oxygen atoms in total. The van der Waals surface area contributed by atoms with Gasteiger partial charge >= 0.3 is 0 Å². The number of fused-ring (bicyclic) bond motifs is 1. The molecular weight excluding hydrogens is 248 g/mol. The van der Waals surface area contributed by atoms with Crippen molar-refractivity contribution in [3.05, 3.63) is 34.9 Å². The quantitative estimate of drug-likeness (QED) is 0.852. The zero-order chi connectivity index (χ0) is 13.8. The molecule has 0 spiro atoms. The molecule has 20 heavy (non-hydrogen) atoms. The van der Waals surface area contributed by atoms with Crippen molar-refractivity contribution in [1.82, 2.24) is 10.2 Å². The molecular formula is C17H24N2O. The molecule has 0 unspecified atom stereocenters. The predicted octanol–water partition coefficient (Wildman–Crippen LogP) is 2.74. The summed E-state index contributed by atoms with van der Waals surface area (Å²) in [5.74, 6) is 0.222. The molecule has 0 aromatic heterocycles. The lowest BCUT2D eigenvalue weighted by molar-refractivity contribution is 0.0742. The summed E-state index contributed by atoms with van der Waals surface area (Å²) in [5.41, 5.74) is 3.56. The van der Waals surface area contributed by atoms with Crippen LogP contribution in [0.15, 0.2) is 18.2 Å². The average Bonchev–Trinajstić information content (AvgIpc) is 2.46. The summed E-state index contributed by atoms with van der Waals surface area (Å²) < 4.78 is 0. The van der Waals surface area contributed by atoms with E-state index in [1.165, 1.54) is 30.4 Å². The van der Waals surface area contributed by atoms with Crippen molar-refractivity contribution in [1.29, 1.82) is 0 Å². The van der Waals surface area contributed by atoms with E-state index in [-0.39, 0.29) is 5.91 Å². The van der Waals surface area contributed by atoms with E-state index in [4.69, 9.17) is 0 Å². The molecule has 3 rings (SSSR count). The monoisotopic (exact) mass is 272 g/mol. The molecule has 0 radical (unpaired) electrons. The lowest BCUT2D eigenvalue weighted by Crippen LogP contribution is -2.34. The van der Waals surface area contributed by atoms with Gasteiger partial charge in [0, 0.05) is 25.2 Å². The third-order valence-electron chi connectivity index (χ3n) is 4.48. The Hall–Kier alpha value is -1.35.